The molecule has 1 nitrogen and oxygen atoms in total. The van der Waals surface area contributed by atoms with Gasteiger partial charge in [0, 0.05) is 10.8 Å². The van der Waals surface area contributed by atoms with Crippen molar-refractivity contribution in [2.45, 2.75) is 6.92 Å². The van der Waals surface area contributed by atoms with E-state index in [2.05, 4.69) is 80.2 Å². The van der Waals surface area contributed by atoms with Gasteiger partial charge >= 0.3 is 0 Å². The molecule has 0 unspecified atom stereocenters. The van der Waals surface area contributed by atoms with Crippen LogP contribution in [0.15, 0.2) is 102 Å². The third-order valence-electron chi connectivity index (χ3n) is 5.25. The SMILES string of the molecule is C=C(C)c1cc(-c2ccccc2)cc(-c2ccc3c(c2)oc2ccccc23)c1. The van der Waals surface area contributed by atoms with Gasteiger partial charge in [-0.05, 0) is 71.1 Å². The summed E-state index contributed by atoms with van der Waals surface area (Å²) >= 11 is 0. The predicted octanol–water partition coefficient (Wildman–Crippen LogP) is 7.95. The first kappa shape index (κ1) is 16.6. The fourth-order valence-electron chi connectivity index (χ4n) is 3.74. The molecule has 0 saturated carbocycles. The molecule has 0 saturated heterocycles. The number of benzene rings is 4. The molecule has 0 fully saturated rings. The molecule has 0 bridgehead atoms. The number of hydrogen-bond donors (Lipinski definition) is 0. The molecule has 5 aromatic rings. The van der Waals surface area contributed by atoms with E-state index in [9.17, 15) is 0 Å². The molecule has 0 aliphatic carbocycles. The molecule has 0 atom stereocenters. The minimum Gasteiger partial charge on any atom is -0.456 e. The highest BCUT2D eigenvalue weighted by Gasteiger charge is 2.10. The summed E-state index contributed by atoms with van der Waals surface area (Å²) in [6, 6.07) is 31.8. The largest absolute Gasteiger partial charge is 0.456 e. The van der Waals surface area contributed by atoms with Gasteiger partial charge < -0.3 is 4.42 Å². The van der Waals surface area contributed by atoms with Crippen molar-refractivity contribution in [3.8, 4) is 22.3 Å². The van der Waals surface area contributed by atoms with Crippen LogP contribution in [0.4, 0.5) is 0 Å². The van der Waals surface area contributed by atoms with Crippen molar-refractivity contribution in [3.63, 3.8) is 0 Å². The summed E-state index contributed by atoms with van der Waals surface area (Å²) < 4.78 is 6.09. The van der Waals surface area contributed by atoms with Gasteiger partial charge in [0.1, 0.15) is 11.2 Å². The highest BCUT2D eigenvalue weighted by atomic mass is 16.3. The average Bonchev–Trinajstić information content (AvgIpc) is 3.12. The second-order valence-electron chi connectivity index (χ2n) is 7.25. The van der Waals surface area contributed by atoms with Gasteiger partial charge in [-0.25, -0.2) is 0 Å². The minimum absolute atomic E-state index is 0.917. The summed E-state index contributed by atoms with van der Waals surface area (Å²) in [5.74, 6) is 0. The highest BCUT2D eigenvalue weighted by molar-refractivity contribution is 6.05. The van der Waals surface area contributed by atoms with Gasteiger partial charge in [0.25, 0.3) is 0 Å². The Balaban J connectivity index is 1.70. The fourth-order valence-corrected chi connectivity index (χ4v) is 3.74. The smallest absolute Gasteiger partial charge is 0.136 e. The molecule has 1 aromatic heterocycles. The summed E-state index contributed by atoms with van der Waals surface area (Å²) in [5, 5.41) is 2.31. The lowest BCUT2D eigenvalue weighted by molar-refractivity contribution is 0.669. The number of hydrogen-bond acceptors (Lipinski definition) is 1. The molecule has 28 heavy (non-hydrogen) atoms. The molecule has 5 rings (SSSR count). The molecular formula is C27H20O. The van der Waals surface area contributed by atoms with Crippen LogP contribution < -0.4 is 0 Å². The zero-order valence-corrected chi connectivity index (χ0v) is 15.8. The van der Waals surface area contributed by atoms with Gasteiger partial charge in [-0.15, -0.1) is 0 Å². The number of fused-ring (bicyclic) bond motifs is 3. The minimum atomic E-state index is 0.917. The molecule has 0 aliphatic rings. The van der Waals surface area contributed by atoms with Crippen molar-refractivity contribution in [2.24, 2.45) is 0 Å². The lowest BCUT2D eigenvalue weighted by Crippen LogP contribution is -1.87. The lowest BCUT2D eigenvalue weighted by atomic mass is 9.94. The molecule has 4 aromatic carbocycles. The van der Waals surface area contributed by atoms with Crippen LogP contribution in [0, 0.1) is 0 Å². The second kappa shape index (κ2) is 6.54. The first-order valence-electron chi connectivity index (χ1n) is 9.47. The maximum absolute atomic E-state index is 6.09. The van der Waals surface area contributed by atoms with E-state index in [-0.39, 0.29) is 0 Å². The Morgan fingerprint density at radius 1 is 0.607 bits per heavy atom. The van der Waals surface area contributed by atoms with Gasteiger partial charge in [0.2, 0.25) is 0 Å². The normalized spacial score (nSPS) is 11.2. The topological polar surface area (TPSA) is 13.1 Å². The van der Waals surface area contributed by atoms with Gasteiger partial charge in [0.15, 0.2) is 0 Å². The van der Waals surface area contributed by atoms with Gasteiger partial charge in [-0.2, -0.15) is 0 Å². The van der Waals surface area contributed by atoms with Crippen molar-refractivity contribution >= 4 is 27.5 Å². The van der Waals surface area contributed by atoms with Crippen LogP contribution in [0.3, 0.4) is 0 Å². The summed E-state index contributed by atoms with van der Waals surface area (Å²) in [7, 11) is 0. The zero-order chi connectivity index (χ0) is 19.1. The van der Waals surface area contributed by atoms with Crippen molar-refractivity contribution in [2.75, 3.05) is 0 Å². The Labute approximate surface area is 164 Å². The molecule has 0 N–H and O–H groups in total. The Hall–Kier alpha value is -3.58. The standard InChI is InChI=1S/C27H20O/c1-18(2)21-14-22(19-8-4-3-5-9-19)16-23(15-21)20-12-13-25-24-10-6-7-11-26(24)28-27(25)17-20/h3-17H,1H2,2H3. The van der Waals surface area contributed by atoms with E-state index in [4.69, 9.17) is 4.42 Å². The predicted molar refractivity (Wildman–Crippen MR) is 119 cm³/mol. The second-order valence-corrected chi connectivity index (χ2v) is 7.25. The van der Waals surface area contributed by atoms with E-state index in [0.29, 0.717) is 0 Å². The molecule has 1 heteroatoms. The lowest BCUT2D eigenvalue weighted by Gasteiger charge is -2.11. The Morgan fingerprint density at radius 2 is 1.29 bits per heavy atom. The van der Waals surface area contributed by atoms with Crippen molar-refractivity contribution in [1.29, 1.82) is 0 Å². The number of para-hydroxylation sites is 1. The number of allylic oxidation sites excluding steroid dienone is 1. The van der Waals surface area contributed by atoms with E-state index in [1.807, 2.05) is 24.3 Å². The van der Waals surface area contributed by atoms with Crippen molar-refractivity contribution < 1.29 is 4.42 Å². The van der Waals surface area contributed by atoms with Crippen LogP contribution in [0.25, 0.3) is 49.8 Å². The molecule has 0 amide bonds. The van der Waals surface area contributed by atoms with Crippen LogP contribution in [0.1, 0.15) is 12.5 Å². The summed E-state index contributed by atoms with van der Waals surface area (Å²) in [5.41, 5.74) is 8.77. The maximum atomic E-state index is 6.09. The zero-order valence-electron chi connectivity index (χ0n) is 15.8. The van der Waals surface area contributed by atoms with Gasteiger partial charge in [-0.1, -0.05) is 66.7 Å². The van der Waals surface area contributed by atoms with E-state index in [0.717, 1.165) is 38.6 Å². The highest BCUT2D eigenvalue weighted by Crippen LogP contribution is 2.35. The summed E-state index contributed by atoms with van der Waals surface area (Å²) in [6.45, 7) is 6.21. The van der Waals surface area contributed by atoms with Crippen molar-refractivity contribution in [1.82, 2.24) is 0 Å². The van der Waals surface area contributed by atoms with Crippen LogP contribution >= 0.6 is 0 Å². The number of furan rings is 1. The monoisotopic (exact) mass is 360 g/mol. The number of rotatable bonds is 3. The molecule has 0 radical (unpaired) electrons. The Kier molecular flexibility index (Phi) is 3.87. The maximum Gasteiger partial charge on any atom is 0.136 e. The van der Waals surface area contributed by atoms with Crippen LogP contribution in [0.5, 0.6) is 0 Å². The van der Waals surface area contributed by atoms with Crippen LogP contribution in [-0.2, 0) is 0 Å². The quantitative estimate of drug-likeness (QED) is 0.318. The molecule has 134 valence electrons. The molecule has 0 spiro atoms. The first-order chi connectivity index (χ1) is 13.7. The fraction of sp³-hybridized carbons (Fsp3) is 0.0370. The van der Waals surface area contributed by atoms with Crippen LogP contribution in [0.2, 0.25) is 0 Å². The third kappa shape index (κ3) is 2.82. The first-order valence-corrected chi connectivity index (χ1v) is 9.47. The van der Waals surface area contributed by atoms with E-state index >= 15 is 0 Å². The Bertz CT molecular complexity index is 1320. The van der Waals surface area contributed by atoms with Crippen molar-refractivity contribution in [3.05, 3.63) is 103 Å². The molecule has 1 heterocycles. The van der Waals surface area contributed by atoms with E-state index in [1.165, 1.54) is 16.7 Å². The Morgan fingerprint density at radius 3 is 2.07 bits per heavy atom. The molecular weight excluding hydrogens is 340 g/mol. The molecule has 0 aliphatic heterocycles. The van der Waals surface area contributed by atoms with Gasteiger partial charge in [0.05, 0.1) is 0 Å². The summed E-state index contributed by atoms with van der Waals surface area (Å²) in [4.78, 5) is 0. The third-order valence-corrected chi connectivity index (χ3v) is 5.25. The van der Waals surface area contributed by atoms with E-state index < -0.39 is 0 Å². The van der Waals surface area contributed by atoms with E-state index in [1.54, 1.807) is 0 Å². The van der Waals surface area contributed by atoms with Crippen LogP contribution in [-0.4, -0.2) is 0 Å². The van der Waals surface area contributed by atoms with Gasteiger partial charge in [-0.3, -0.25) is 0 Å². The summed E-state index contributed by atoms with van der Waals surface area (Å²) in [6.07, 6.45) is 0. The average molecular weight is 360 g/mol.